The summed E-state index contributed by atoms with van der Waals surface area (Å²) in [6, 6.07) is 51.0. The van der Waals surface area contributed by atoms with Crippen LogP contribution in [0.5, 0.6) is 11.5 Å². The SMILES string of the molecule is Cc1cccc(N(c2ccc(Oc3ccc(N(c4cccc(C)c4)c4cccc(C)c4)cc3)cc2)c2cccc(C)c2)c1. The second-order valence-corrected chi connectivity index (χ2v) is 11.1. The maximum Gasteiger partial charge on any atom is 0.127 e. The Morgan fingerprint density at radius 3 is 0.860 bits per heavy atom. The fourth-order valence-corrected chi connectivity index (χ4v) is 5.43. The summed E-state index contributed by atoms with van der Waals surface area (Å²) >= 11 is 0. The molecule has 0 aliphatic heterocycles. The lowest BCUT2D eigenvalue weighted by Gasteiger charge is -2.26. The molecule has 6 aromatic carbocycles. The third-order valence-electron chi connectivity index (χ3n) is 7.46. The minimum atomic E-state index is 0.791. The van der Waals surface area contributed by atoms with Gasteiger partial charge in [-0.2, -0.15) is 0 Å². The molecule has 0 saturated heterocycles. The van der Waals surface area contributed by atoms with Crippen LogP contribution >= 0.6 is 0 Å². The van der Waals surface area contributed by atoms with Crippen LogP contribution in [0.3, 0.4) is 0 Å². The van der Waals surface area contributed by atoms with E-state index >= 15 is 0 Å². The predicted octanol–water partition coefficient (Wildman–Crippen LogP) is 11.7. The van der Waals surface area contributed by atoms with E-state index in [1.807, 2.05) is 24.3 Å². The topological polar surface area (TPSA) is 15.7 Å². The van der Waals surface area contributed by atoms with Crippen LogP contribution in [0, 0.1) is 27.7 Å². The van der Waals surface area contributed by atoms with Crippen LogP contribution in [0.2, 0.25) is 0 Å². The van der Waals surface area contributed by atoms with E-state index in [9.17, 15) is 0 Å². The van der Waals surface area contributed by atoms with Gasteiger partial charge in [0.1, 0.15) is 11.5 Å². The van der Waals surface area contributed by atoms with E-state index in [2.05, 4.69) is 159 Å². The normalized spacial score (nSPS) is 10.8. The van der Waals surface area contributed by atoms with E-state index in [0.717, 1.165) is 45.6 Å². The van der Waals surface area contributed by atoms with Gasteiger partial charge in [0.15, 0.2) is 0 Å². The van der Waals surface area contributed by atoms with E-state index in [-0.39, 0.29) is 0 Å². The van der Waals surface area contributed by atoms with E-state index in [0.29, 0.717) is 0 Å². The van der Waals surface area contributed by atoms with E-state index < -0.39 is 0 Å². The van der Waals surface area contributed by atoms with Crippen LogP contribution in [0.1, 0.15) is 22.3 Å². The van der Waals surface area contributed by atoms with Crippen molar-refractivity contribution in [1.29, 1.82) is 0 Å². The van der Waals surface area contributed by atoms with Gasteiger partial charge >= 0.3 is 0 Å². The van der Waals surface area contributed by atoms with Crippen LogP contribution in [0.4, 0.5) is 34.1 Å². The lowest BCUT2D eigenvalue weighted by molar-refractivity contribution is 0.483. The molecule has 0 amide bonds. The Bertz CT molecular complexity index is 1610. The fraction of sp³-hybridized carbons (Fsp3) is 0.100. The highest BCUT2D eigenvalue weighted by Gasteiger charge is 2.15. The molecule has 6 rings (SSSR count). The standard InChI is InChI=1S/C40H36N2O/c1-29-9-5-13-35(25-29)41(36-14-6-10-30(2)26-36)33-17-21-39(22-18-33)43-40-23-19-34(20-24-40)42(37-15-7-11-31(3)27-37)38-16-8-12-32(4)28-38/h5-28H,1-4H3. The van der Waals surface area contributed by atoms with Gasteiger partial charge in [0.25, 0.3) is 0 Å². The second kappa shape index (κ2) is 12.3. The molecule has 0 bridgehead atoms. The fourth-order valence-electron chi connectivity index (χ4n) is 5.43. The Morgan fingerprint density at radius 1 is 0.326 bits per heavy atom. The summed E-state index contributed by atoms with van der Waals surface area (Å²) in [6.45, 7) is 8.50. The van der Waals surface area contributed by atoms with Gasteiger partial charge in [-0.05, 0) is 147 Å². The zero-order valence-corrected chi connectivity index (χ0v) is 25.2. The van der Waals surface area contributed by atoms with Crippen molar-refractivity contribution in [2.75, 3.05) is 9.80 Å². The van der Waals surface area contributed by atoms with Crippen molar-refractivity contribution in [3.8, 4) is 11.5 Å². The summed E-state index contributed by atoms with van der Waals surface area (Å²) in [5.41, 5.74) is 11.6. The first kappa shape index (κ1) is 27.9. The molecule has 0 aromatic heterocycles. The van der Waals surface area contributed by atoms with Gasteiger partial charge in [0, 0.05) is 34.1 Å². The molecule has 0 aliphatic carbocycles. The van der Waals surface area contributed by atoms with E-state index in [4.69, 9.17) is 4.74 Å². The summed E-state index contributed by atoms with van der Waals surface area (Å²) in [4.78, 5) is 4.56. The lowest BCUT2D eigenvalue weighted by atomic mass is 10.1. The summed E-state index contributed by atoms with van der Waals surface area (Å²) in [6.07, 6.45) is 0. The Labute approximate surface area is 255 Å². The molecule has 212 valence electrons. The van der Waals surface area contributed by atoms with Gasteiger partial charge in [0.05, 0.1) is 0 Å². The van der Waals surface area contributed by atoms with Gasteiger partial charge in [-0.3, -0.25) is 0 Å². The van der Waals surface area contributed by atoms with Crippen molar-refractivity contribution < 1.29 is 4.74 Å². The molecule has 43 heavy (non-hydrogen) atoms. The van der Waals surface area contributed by atoms with Crippen molar-refractivity contribution in [3.63, 3.8) is 0 Å². The zero-order chi connectivity index (χ0) is 29.8. The maximum absolute atomic E-state index is 6.31. The number of ether oxygens (including phenoxy) is 1. The highest BCUT2D eigenvalue weighted by Crippen LogP contribution is 2.38. The van der Waals surface area contributed by atoms with Crippen molar-refractivity contribution in [2.45, 2.75) is 27.7 Å². The van der Waals surface area contributed by atoms with Crippen LogP contribution in [-0.4, -0.2) is 0 Å². The number of hydrogen-bond donors (Lipinski definition) is 0. The van der Waals surface area contributed by atoms with Crippen LogP contribution in [-0.2, 0) is 0 Å². The average molecular weight is 561 g/mol. The molecule has 0 aliphatic rings. The molecular formula is C40H36N2O. The van der Waals surface area contributed by atoms with Crippen LogP contribution in [0.15, 0.2) is 146 Å². The third-order valence-corrected chi connectivity index (χ3v) is 7.46. The van der Waals surface area contributed by atoms with Gasteiger partial charge in [-0.1, -0.05) is 48.5 Å². The zero-order valence-electron chi connectivity index (χ0n) is 25.2. The second-order valence-electron chi connectivity index (χ2n) is 11.1. The summed E-state index contributed by atoms with van der Waals surface area (Å²) in [5, 5.41) is 0. The summed E-state index contributed by atoms with van der Waals surface area (Å²) in [5.74, 6) is 1.58. The van der Waals surface area contributed by atoms with Crippen LogP contribution in [0.25, 0.3) is 0 Å². The van der Waals surface area contributed by atoms with Crippen LogP contribution < -0.4 is 14.5 Å². The lowest BCUT2D eigenvalue weighted by Crippen LogP contribution is -2.10. The quantitative estimate of drug-likeness (QED) is 0.184. The van der Waals surface area contributed by atoms with Crippen molar-refractivity contribution in [3.05, 3.63) is 168 Å². The number of benzene rings is 6. The predicted molar refractivity (Wildman–Crippen MR) is 181 cm³/mol. The van der Waals surface area contributed by atoms with Crippen molar-refractivity contribution in [1.82, 2.24) is 0 Å². The molecule has 0 fully saturated rings. The number of aryl methyl sites for hydroxylation is 4. The van der Waals surface area contributed by atoms with Gasteiger partial charge < -0.3 is 14.5 Å². The molecule has 3 heteroatoms. The molecule has 0 saturated carbocycles. The monoisotopic (exact) mass is 560 g/mol. The summed E-state index contributed by atoms with van der Waals surface area (Å²) < 4.78 is 6.31. The molecule has 0 unspecified atom stereocenters. The maximum atomic E-state index is 6.31. The third kappa shape index (κ3) is 6.47. The molecule has 0 heterocycles. The number of rotatable bonds is 8. The van der Waals surface area contributed by atoms with E-state index in [1.54, 1.807) is 0 Å². The van der Waals surface area contributed by atoms with Gasteiger partial charge in [0.2, 0.25) is 0 Å². The first-order chi connectivity index (χ1) is 20.9. The Hall–Kier alpha value is -5.28. The molecule has 3 nitrogen and oxygen atoms in total. The first-order valence-electron chi connectivity index (χ1n) is 14.7. The molecule has 0 N–H and O–H groups in total. The minimum absolute atomic E-state index is 0.791. The number of anilines is 6. The molecule has 0 spiro atoms. The Morgan fingerprint density at radius 2 is 0.605 bits per heavy atom. The number of hydrogen-bond acceptors (Lipinski definition) is 3. The van der Waals surface area contributed by atoms with Gasteiger partial charge in [-0.25, -0.2) is 0 Å². The van der Waals surface area contributed by atoms with E-state index in [1.165, 1.54) is 22.3 Å². The Kier molecular flexibility index (Phi) is 7.97. The Balaban J connectivity index is 1.26. The first-order valence-corrected chi connectivity index (χ1v) is 14.7. The highest BCUT2D eigenvalue weighted by atomic mass is 16.5. The highest BCUT2D eigenvalue weighted by molar-refractivity contribution is 5.78. The molecule has 0 atom stereocenters. The molecular weight excluding hydrogens is 524 g/mol. The van der Waals surface area contributed by atoms with Crippen molar-refractivity contribution in [2.24, 2.45) is 0 Å². The summed E-state index contributed by atoms with van der Waals surface area (Å²) in [7, 11) is 0. The average Bonchev–Trinajstić information content (AvgIpc) is 3.00. The van der Waals surface area contributed by atoms with Crippen molar-refractivity contribution >= 4 is 34.1 Å². The molecule has 0 radical (unpaired) electrons. The minimum Gasteiger partial charge on any atom is -0.457 e. The smallest absolute Gasteiger partial charge is 0.127 e. The largest absolute Gasteiger partial charge is 0.457 e. The molecule has 6 aromatic rings. The number of nitrogens with zero attached hydrogens (tertiary/aromatic N) is 2. The van der Waals surface area contributed by atoms with Gasteiger partial charge in [-0.15, -0.1) is 0 Å².